The number of rotatable bonds is 9. The van der Waals surface area contributed by atoms with Crippen molar-refractivity contribution in [1.29, 1.82) is 0 Å². The first-order valence-corrected chi connectivity index (χ1v) is 8.61. The molecule has 114 valence electrons. The summed E-state index contributed by atoms with van der Waals surface area (Å²) in [6.07, 6.45) is 11.0. The molecule has 0 aromatic carbocycles. The molecule has 0 amide bonds. The van der Waals surface area contributed by atoms with E-state index in [4.69, 9.17) is 0 Å². The molecule has 0 aromatic rings. The number of hydrogen-bond donors (Lipinski definition) is 1. The molecule has 0 radical (unpaired) electrons. The lowest BCUT2D eigenvalue weighted by Gasteiger charge is -2.46. The normalized spacial score (nSPS) is 19.6. The fraction of sp³-hybridized carbons (Fsp3) is 1.00. The van der Waals surface area contributed by atoms with Gasteiger partial charge in [-0.05, 0) is 52.7 Å². The summed E-state index contributed by atoms with van der Waals surface area (Å²) in [5, 5.41) is 3.76. The second-order valence-electron chi connectivity index (χ2n) is 6.66. The molecule has 0 aliphatic carbocycles. The van der Waals surface area contributed by atoms with Crippen LogP contribution in [0.15, 0.2) is 0 Å². The molecule has 19 heavy (non-hydrogen) atoms. The van der Waals surface area contributed by atoms with Crippen molar-refractivity contribution < 1.29 is 0 Å². The molecule has 0 bridgehead atoms. The Morgan fingerprint density at radius 3 is 2.26 bits per heavy atom. The molecule has 0 saturated carbocycles. The Labute approximate surface area is 121 Å². The van der Waals surface area contributed by atoms with E-state index in [0.717, 1.165) is 6.54 Å². The van der Waals surface area contributed by atoms with Crippen LogP contribution in [0.4, 0.5) is 0 Å². The van der Waals surface area contributed by atoms with Gasteiger partial charge in [0, 0.05) is 11.6 Å². The topological polar surface area (TPSA) is 15.3 Å². The van der Waals surface area contributed by atoms with Gasteiger partial charge in [-0.3, -0.25) is 4.90 Å². The molecular formula is C17H36N2. The van der Waals surface area contributed by atoms with E-state index in [2.05, 4.69) is 37.9 Å². The van der Waals surface area contributed by atoms with E-state index in [1.807, 2.05) is 0 Å². The van der Waals surface area contributed by atoms with Crippen molar-refractivity contribution in [3.63, 3.8) is 0 Å². The van der Waals surface area contributed by atoms with Crippen molar-refractivity contribution in [3.05, 3.63) is 0 Å². The third-order valence-electron chi connectivity index (χ3n) is 4.82. The predicted octanol–water partition coefficient (Wildman–Crippen LogP) is 4.20. The van der Waals surface area contributed by atoms with Crippen LogP contribution in [0.25, 0.3) is 0 Å². The lowest BCUT2D eigenvalue weighted by molar-refractivity contribution is 0.0578. The van der Waals surface area contributed by atoms with Crippen molar-refractivity contribution in [3.8, 4) is 0 Å². The van der Waals surface area contributed by atoms with Crippen LogP contribution in [0.3, 0.4) is 0 Å². The molecular weight excluding hydrogens is 232 g/mol. The Morgan fingerprint density at radius 1 is 1.00 bits per heavy atom. The molecule has 1 N–H and O–H groups in total. The van der Waals surface area contributed by atoms with Crippen LogP contribution >= 0.6 is 0 Å². The summed E-state index contributed by atoms with van der Waals surface area (Å²) < 4.78 is 0. The highest BCUT2D eigenvalue weighted by Crippen LogP contribution is 2.26. The molecule has 1 atom stereocenters. The Bertz CT molecular complexity index is 219. The van der Waals surface area contributed by atoms with E-state index >= 15 is 0 Å². The summed E-state index contributed by atoms with van der Waals surface area (Å²) in [6, 6.07) is 0.646. The molecule has 1 saturated heterocycles. The van der Waals surface area contributed by atoms with E-state index in [1.165, 1.54) is 64.5 Å². The third kappa shape index (κ3) is 5.43. The third-order valence-corrected chi connectivity index (χ3v) is 4.82. The summed E-state index contributed by atoms with van der Waals surface area (Å²) in [5.74, 6) is 0. The average molecular weight is 268 g/mol. The average Bonchev–Trinajstić information content (AvgIpc) is 2.43. The maximum Gasteiger partial charge on any atom is 0.0306 e. The lowest BCUT2D eigenvalue weighted by atomic mass is 9.86. The number of piperidine rings is 1. The maximum absolute atomic E-state index is 3.76. The van der Waals surface area contributed by atoms with Crippen LogP contribution in [0.1, 0.15) is 79.1 Å². The standard InChI is InChI=1S/C17H36N2/c1-5-7-8-10-13-16(18-6-2)17(3,4)19-14-11-9-12-15-19/h16,18H,5-15H2,1-4H3. The summed E-state index contributed by atoms with van der Waals surface area (Å²) >= 11 is 0. The predicted molar refractivity (Wildman–Crippen MR) is 85.7 cm³/mol. The van der Waals surface area contributed by atoms with Crippen molar-refractivity contribution in [2.75, 3.05) is 19.6 Å². The van der Waals surface area contributed by atoms with Crippen molar-refractivity contribution >= 4 is 0 Å². The zero-order chi connectivity index (χ0) is 14.1. The Kier molecular flexibility index (Phi) is 8.01. The summed E-state index contributed by atoms with van der Waals surface area (Å²) in [7, 11) is 0. The number of nitrogens with zero attached hydrogens (tertiary/aromatic N) is 1. The highest BCUT2D eigenvalue weighted by Gasteiger charge is 2.34. The first-order valence-electron chi connectivity index (χ1n) is 8.61. The summed E-state index contributed by atoms with van der Waals surface area (Å²) in [5.41, 5.74) is 0.308. The van der Waals surface area contributed by atoms with Crippen molar-refractivity contribution in [1.82, 2.24) is 10.2 Å². The van der Waals surface area contributed by atoms with Gasteiger partial charge < -0.3 is 5.32 Å². The first kappa shape index (κ1) is 17.0. The molecule has 1 heterocycles. The lowest BCUT2D eigenvalue weighted by Crippen LogP contribution is -2.58. The fourth-order valence-electron chi connectivity index (χ4n) is 3.42. The Morgan fingerprint density at radius 2 is 1.68 bits per heavy atom. The molecule has 1 aliphatic heterocycles. The van der Waals surface area contributed by atoms with Gasteiger partial charge in [0.05, 0.1) is 0 Å². The van der Waals surface area contributed by atoms with E-state index < -0.39 is 0 Å². The minimum atomic E-state index is 0.308. The number of hydrogen-bond acceptors (Lipinski definition) is 2. The number of likely N-dealkylation sites (tertiary alicyclic amines) is 1. The van der Waals surface area contributed by atoms with Crippen LogP contribution in [0.2, 0.25) is 0 Å². The van der Waals surface area contributed by atoms with Gasteiger partial charge in [-0.2, -0.15) is 0 Å². The SMILES string of the molecule is CCCCCCC(NCC)C(C)(C)N1CCCCC1. The number of unbranched alkanes of at least 4 members (excludes halogenated alkanes) is 3. The van der Waals surface area contributed by atoms with Gasteiger partial charge in [0.1, 0.15) is 0 Å². The van der Waals surface area contributed by atoms with E-state index in [9.17, 15) is 0 Å². The van der Waals surface area contributed by atoms with Gasteiger partial charge in [-0.15, -0.1) is 0 Å². The molecule has 1 aliphatic rings. The second kappa shape index (κ2) is 8.97. The number of likely N-dealkylation sites (N-methyl/N-ethyl adjacent to an activating group) is 1. The van der Waals surface area contributed by atoms with Gasteiger partial charge in [0.2, 0.25) is 0 Å². The van der Waals surface area contributed by atoms with Crippen molar-refractivity contribution in [2.45, 2.75) is 90.6 Å². The fourth-order valence-corrected chi connectivity index (χ4v) is 3.42. The molecule has 1 unspecified atom stereocenters. The first-order chi connectivity index (χ1) is 9.12. The second-order valence-corrected chi connectivity index (χ2v) is 6.66. The zero-order valence-corrected chi connectivity index (χ0v) is 13.8. The molecule has 0 aromatic heterocycles. The van der Waals surface area contributed by atoms with Crippen LogP contribution < -0.4 is 5.32 Å². The zero-order valence-electron chi connectivity index (χ0n) is 13.8. The van der Waals surface area contributed by atoms with Crippen molar-refractivity contribution in [2.24, 2.45) is 0 Å². The van der Waals surface area contributed by atoms with Crippen LogP contribution in [0.5, 0.6) is 0 Å². The highest BCUT2D eigenvalue weighted by atomic mass is 15.2. The van der Waals surface area contributed by atoms with Gasteiger partial charge >= 0.3 is 0 Å². The van der Waals surface area contributed by atoms with Crippen LogP contribution in [-0.4, -0.2) is 36.1 Å². The van der Waals surface area contributed by atoms with Gasteiger partial charge in [0.15, 0.2) is 0 Å². The largest absolute Gasteiger partial charge is 0.312 e. The minimum Gasteiger partial charge on any atom is -0.312 e. The van der Waals surface area contributed by atoms with Crippen LogP contribution in [0, 0.1) is 0 Å². The molecule has 2 heteroatoms. The monoisotopic (exact) mass is 268 g/mol. The Hall–Kier alpha value is -0.0800. The van der Waals surface area contributed by atoms with Crippen LogP contribution in [-0.2, 0) is 0 Å². The van der Waals surface area contributed by atoms with E-state index in [1.54, 1.807) is 0 Å². The van der Waals surface area contributed by atoms with Gasteiger partial charge in [-0.25, -0.2) is 0 Å². The molecule has 1 fully saturated rings. The van der Waals surface area contributed by atoms with Gasteiger partial charge in [-0.1, -0.05) is 46.0 Å². The highest BCUT2D eigenvalue weighted by molar-refractivity contribution is 4.94. The summed E-state index contributed by atoms with van der Waals surface area (Å²) in [6.45, 7) is 13.1. The van der Waals surface area contributed by atoms with Gasteiger partial charge in [0.25, 0.3) is 0 Å². The molecule has 1 rings (SSSR count). The molecule has 2 nitrogen and oxygen atoms in total. The summed E-state index contributed by atoms with van der Waals surface area (Å²) in [4.78, 5) is 2.73. The maximum atomic E-state index is 3.76. The molecule has 0 spiro atoms. The minimum absolute atomic E-state index is 0.308. The smallest absolute Gasteiger partial charge is 0.0306 e. The van der Waals surface area contributed by atoms with E-state index in [-0.39, 0.29) is 0 Å². The Balaban J connectivity index is 2.50. The number of nitrogens with one attached hydrogen (secondary N) is 1. The quantitative estimate of drug-likeness (QED) is 0.631. The van der Waals surface area contributed by atoms with E-state index in [0.29, 0.717) is 11.6 Å².